The lowest BCUT2D eigenvalue weighted by atomic mass is 9.91. The number of para-hydroxylation sites is 1. The molecular weight excluding hydrogens is 334 g/mol. The summed E-state index contributed by atoms with van der Waals surface area (Å²) in [5.74, 6) is -0.0834. The Labute approximate surface area is 155 Å². The third-order valence-corrected chi connectivity index (χ3v) is 4.22. The summed E-state index contributed by atoms with van der Waals surface area (Å²) in [4.78, 5) is 17.1. The highest BCUT2D eigenvalue weighted by Gasteiger charge is 2.27. The monoisotopic (exact) mass is 359 g/mol. The zero-order chi connectivity index (χ0) is 18.6. The number of carbonyl (C=O) groups is 1. The first kappa shape index (κ1) is 19.3. The number of anilines is 2. The molecule has 2 N–H and O–H groups in total. The zero-order valence-electron chi connectivity index (χ0n) is 15.3. The molecule has 5 heteroatoms. The number of halogens is 1. The summed E-state index contributed by atoms with van der Waals surface area (Å²) in [6.45, 7) is 5.78. The molecule has 0 bridgehead atoms. The van der Waals surface area contributed by atoms with Crippen molar-refractivity contribution in [2.75, 3.05) is 37.8 Å². The van der Waals surface area contributed by atoms with Gasteiger partial charge in [-0.3, -0.25) is 4.79 Å². The molecule has 0 fully saturated rings. The average molecular weight is 360 g/mol. The minimum atomic E-state index is -0.0834. The van der Waals surface area contributed by atoms with E-state index in [0.717, 1.165) is 12.2 Å². The molecule has 0 saturated heterocycles. The van der Waals surface area contributed by atoms with E-state index in [-0.39, 0.29) is 11.3 Å². The molecule has 0 unspecified atom stereocenters. The Balaban J connectivity index is 2.37. The number of hydrogen-bond acceptors (Lipinski definition) is 3. The molecule has 4 nitrogen and oxygen atoms in total. The summed E-state index contributed by atoms with van der Waals surface area (Å²) in [5.41, 5.74) is 7.56. The molecule has 0 atom stereocenters. The molecule has 0 aliphatic rings. The van der Waals surface area contributed by atoms with Crippen LogP contribution in [-0.2, 0) is 0 Å². The van der Waals surface area contributed by atoms with Crippen LogP contribution in [0.2, 0.25) is 5.02 Å². The third-order valence-electron chi connectivity index (χ3n) is 3.89. The largest absolute Gasteiger partial charge is 0.398 e. The normalized spacial score (nSPS) is 11.6. The van der Waals surface area contributed by atoms with E-state index in [1.807, 2.05) is 49.3 Å². The van der Waals surface area contributed by atoms with E-state index < -0.39 is 0 Å². The fourth-order valence-corrected chi connectivity index (χ4v) is 3.22. The van der Waals surface area contributed by atoms with E-state index in [0.29, 0.717) is 22.8 Å². The van der Waals surface area contributed by atoms with Crippen molar-refractivity contribution in [1.29, 1.82) is 0 Å². The van der Waals surface area contributed by atoms with Gasteiger partial charge in [0.25, 0.3) is 5.91 Å². The van der Waals surface area contributed by atoms with Crippen LogP contribution in [0, 0.1) is 5.41 Å². The second kappa shape index (κ2) is 7.89. The van der Waals surface area contributed by atoms with Crippen LogP contribution in [-0.4, -0.2) is 38.0 Å². The Morgan fingerprint density at radius 2 is 1.72 bits per heavy atom. The SMILES string of the molecule is CN(C)CC(C)(C)CN(C(=O)c1ccc(N)c(Cl)c1)c1ccccc1. The van der Waals surface area contributed by atoms with Gasteiger partial charge in [0.15, 0.2) is 0 Å². The third kappa shape index (κ3) is 5.21. The highest BCUT2D eigenvalue weighted by atomic mass is 35.5. The molecule has 0 spiro atoms. The van der Waals surface area contributed by atoms with Crippen molar-refractivity contribution in [2.45, 2.75) is 13.8 Å². The Kier molecular flexibility index (Phi) is 6.09. The number of nitrogens with zero attached hydrogens (tertiary/aromatic N) is 2. The predicted molar refractivity (Wildman–Crippen MR) is 106 cm³/mol. The lowest BCUT2D eigenvalue weighted by Crippen LogP contribution is -2.43. The van der Waals surface area contributed by atoms with E-state index in [2.05, 4.69) is 18.7 Å². The van der Waals surface area contributed by atoms with Gasteiger partial charge in [-0.25, -0.2) is 0 Å². The van der Waals surface area contributed by atoms with Crippen LogP contribution in [0.15, 0.2) is 48.5 Å². The minimum absolute atomic E-state index is 0.0768. The Bertz CT molecular complexity index is 729. The highest BCUT2D eigenvalue weighted by molar-refractivity contribution is 6.33. The summed E-state index contributed by atoms with van der Waals surface area (Å²) in [7, 11) is 4.08. The van der Waals surface area contributed by atoms with Crippen molar-refractivity contribution in [2.24, 2.45) is 5.41 Å². The average Bonchev–Trinajstić information content (AvgIpc) is 2.54. The maximum absolute atomic E-state index is 13.2. The van der Waals surface area contributed by atoms with Crippen LogP contribution in [0.1, 0.15) is 24.2 Å². The highest BCUT2D eigenvalue weighted by Crippen LogP contribution is 2.26. The first-order chi connectivity index (χ1) is 11.7. The van der Waals surface area contributed by atoms with Crippen LogP contribution < -0.4 is 10.6 Å². The van der Waals surface area contributed by atoms with Gasteiger partial charge in [-0.15, -0.1) is 0 Å². The smallest absolute Gasteiger partial charge is 0.258 e. The van der Waals surface area contributed by atoms with Crippen LogP contribution in [0.5, 0.6) is 0 Å². The fourth-order valence-electron chi connectivity index (χ4n) is 3.04. The maximum atomic E-state index is 13.2. The van der Waals surface area contributed by atoms with Gasteiger partial charge in [-0.05, 0) is 49.8 Å². The summed E-state index contributed by atoms with van der Waals surface area (Å²) >= 11 is 6.11. The minimum Gasteiger partial charge on any atom is -0.398 e. The summed E-state index contributed by atoms with van der Waals surface area (Å²) in [6.07, 6.45) is 0. The van der Waals surface area contributed by atoms with E-state index in [9.17, 15) is 4.79 Å². The van der Waals surface area contributed by atoms with E-state index in [1.165, 1.54) is 0 Å². The van der Waals surface area contributed by atoms with Gasteiger partial charge < -0.3 is 15.5 Å². The van der Waals surface area contributed by atoms with Gasteiger partial charge in [-0.2, -0.15) is 0 Å². The van der Waals surface area contributed by atoms with Gasteiger partial charge in [-0.1, -0.05) is 43.6 Å². The zero-order valence-corrected chi connectivity index (χ0v) is 16.0. The Morgan fingerprint density at radius 1 is 1.08 bits per heavy atom. The van der Waals surface area contributed by atoms with Crippen molar-refractivity contribution in [3.63, 3.8) is 0 Å². The number of benzene rings is 2. The molecular formula is C20H26ClN3O. The van der Waals surface area contributed by atoms with E-state index in [1.54, 1.807) is 18.2 Å². The predicted octanol–water partition coefficient (Wildman–Crippen LogP) is 4.16. The van der Waals surface area contributed by atoms with Gasteiger partial charge in [0.2, 0.25) is 0 Å². The molecule has 25 heavy (non-hydrogen) atoms. The number of amides is 1. The van der Waals surface area contributed by atoms with Gasteiger partial charge in [0.05, 0.1) is 10.7 Å². The number of nitrogens with two attached hydrogens (primary N) is 1. The second-order valence-corrected chi connectivity index (χ2v) is 7.77. The standard InChI is InChI=1S/C20H26ClN3O/c1-20(2,13-23(3)4)14-24(16-8-6-5-7-9-16)19(25)15-10-11-18(22)17(21)12-15/h5-12H,13-14,22H2,1-4H3. The molecule has 0 aliphatic carbocycles. The van der Waals surface area contributed by atoms with Gasteiger partial charge in [0.1, 0.15) is 0 Å². The molecule has 0 heterocycles. The Hall–Kier alpha value is -2.04. The molecule has 134 valence electrons. The molecule has 0 aliphatic heterocycles. The maximum Gasteiger partial charge on any atom is 0.258 e. The van der Waals surface area contributed by atoms with Crippen LogP contribution in [0.25, 0.3) is 0 Å². The topological polar surface area (TPSA) is 49.6 Å². The van der Waals surface area contributed by atoms with Gasteiger partial charge in [0, 0.05) is 24.3 Å². The summed E-state index contributed by atoms with van der Waals surface area (Å²) in [5, 5.41) is 0.395. The number of rotatable bonds is 6. The molecule has 1 amide bonds. The lowest BCUT2D eigenvalue weighted by molar-refractivity contribution is 0.0971. The van der Waals surface area contributed by atoms with Crippen molar-refractivity contribution in [1.82, 2.24) is 4.90 Å². The van der Waals surface area contributed by atoms with E-state index in [4.69, 9.17) is 17.3 Å². The molecule has 0 aromatic heterocycles. The quantitative estimate of drug-likeness (QED) is 0.788. The van der Waals surface area contributed by atoms with Crippen molar-refractivity contribution < 1.29 is 4.79 Å². The number of nitrogen functional groups attached to an aromatic ring is 1. The molecule has 2 rings (SSSR count). The van der Waals surface area contributed by atoms with Gasteiger partial charge >= 0.3 is 0 Å². The van der Waals surface area contributed by atoms with Crippen molar-refractivity contribution in [3.05, 3.63) is 59.1 Å². The molecule has 2 aromatic carbocycles. The lowest BCUT2D eigenvalue weighted by Gasteiger charge is -2.35. The molecule has 2 aromatic rings. The molecule has 0 saturated carbocycles. The first-order valence-corrected chi connectivity index (χ1v) is 8.64. The Morgan fingerprint density at radius 3 is 2.28 bits per heavy atom. The van der Waals surface area contributed by atoms with Crippen molar-refractivity contribution in [3.8, 4) is 0 Å². The van der Waals surface area contributed by atoms with Crippen LogP contribution in [0.3, 0.4) is 0 Å². The summed E-state index contributed by atoms with van der Waals surface area (Å²) in [6, 6.07) is 14.7. The summed E-state index contributed by atoms with van der Waals surface area (Å²) < 4.78 is 0. The van der Waals surface area contributed by atoms with Crippen LogP contribution >= 0.6 is 11.6 Å². The van der Waals surface area contributed by atoms with Crippen molar-refractivity contribution >= 4 is 28.9 Å². The first-order valence-electron chi connectivity index (χ1n) is 8.26. The second-order valence-electron chi connectivity index (χ2n) is 7.37. The number of carbonyl (C=O) groups excluding carboxylic acids is 1. The number of hydrogen-bond donors (Lipinski definition) is 1. The molecule has 0 radical (unpaired) electrons. The van der Waals surface area contributed by atoms with E-state index >= 15 is 0 Å². The fraction of sp³-hybridized carbons (Fsp3) is 0.350. The van der Waals surface area contributed by atoms with Crippen LogP contribution in [0.4, 0.5) is 11.4 Å².